The minimum Gasteiger partial charge on any atom is -0.432 e. The van der Waals surface area contributed by atoms with Gasteiger partial charge < -0.3 is 10.1 Å². The lowest BCUT2D eigenvalue weighted by atomic mass is 10.2. The molecule has 1 rings (SSSR count). The predicted molar refractivity (Wildman–Crippen MR) is 56.7 cm³/mol. The highest BCUT2D eigenvalue weighted by atomic mass is 19.3. The van der Waals surface area contributed by atoms with Crippen LogP contribution < -0.4 is 10.1 Å². The molecule has 0 radical (unpaired) electrons. The highest BCUT2D eigenvalue weighted by molar-refractivity contribution is 5.72. The monoisotopic (exact) mass is 229 g/mol. The Balaban J connectivity index is 2.93. The van der Waals surface area contributed by atoms with Crippen molar-refractivity contribution in [2.45, 2.75) is 26.4 Å². The van der Waals surface area contributed by atoms with Gasteiger partial charge in [0, 0.05) is 18.2 Å². The molecular formula is C11H13F2NO2. The van der Waals surface area contributed by atoms with E-state index in [1.54, 1.807) is 19.1 Å². The minimum atomic E-state index is -3.19. The summed E-state index contributed by atoms with van der Waals surface area (Å²) in [5.41, 5.74) is 1.01. The van der Waals surface area contributed by atoms with Crippen LogP contribution in [0.4, 0.5) is 14.5 Å². The molecule has 0 spiro atoms. The van der Waals surface area contributed by atoms with Gasteiger partial charge in [-0.15, -0.1) is 0 Å². The molecule has 88 valence electrons. The molecule has 0 fully saturated rings. The number of carbonyl (C=O) groups excluding carboxylic acids is 1. The van der Waals surface area contributed by atoms with Crippen LogP contribution in [-0.2, 0) is 4.79 Å². The van der Waals surface area contributed by atoms with Crippen molar-refractivity contribution in [1.29, 1.82) is 0 Å². The van der Waals surface area contributed by atoms with Crippen molar-refractivity contribution in [3.8, 4) is 5.75 Å². The lowest BCUT2D eigenvalue weighted by molar-refractivity contribution is -0.177. The third-order valence-corrected chi connectivity index (χ3v) is 2.08. The summed E-state index contributed by atoms with van der Waals surface area (Å²) in [4.78, 5) is 10.2. The normalized spacial score (nSPS) is 11.0. The second kappa shape index (κ2) is 4.92. The minimum absolute atomic E-state index is 0.0682. The van der Waals surface area contributed by atoms with Gasteiger partial charge in [-0.1, -0.05) is 13.0 Å². The zero-order chi connectivity index (χ0) is 12.2. The van der Waals surface area contributed by atoms with E-state index in [-0.39, 0.29) is 5.75 Å². The quantitative estimate of drug-likeness (QED) is 0.788. The summed E-state index contributed by atoms with van der Waals surface area (Å²) in [7, 11) is 0. The summed E-state index contributed by atoms with van der Waals surface area (Å²) in [5.74, 6) is 0.0682. The number of benzene rings is 1. The van der Waals surface area contributed by atoms with E-state index in [1.165, 1.54) is 13.0 Å². The van der Waals surface area contributed by atoms with Crippen molar-refractivity contribution in [2.24, 2.45) is 0 Å². The summed E-state index contributed by atoms with van der Waals surface area (Å²) in [6.45, 7) is 2.99. The molecule has 0 aliphatic carbocycles. The molecule has 1 amide bonds. The van der Waals surface area contributed by atoms with E-state index in [2.05, 4.69) is 10.1 Å². The van der Waals surface area contributed by atoms with Gasteiger partial charge in [-0.3, -0.25) is 4.79 Å². The first kappa shape index (κ1) is 12.4. The molecule has 0 bridgehead atoms. The number of anilines is 1. The van der Waals surface area contributed by atoms with Crippen LogP contribution >= 0.6 is 0 Å². The molecule has 0 aromatic heterocycles. The van der Waals surface area contributed by atoms with Crippen molar-refractivity contribution in [2.75, 3.05) is 5.32 Å². The Morgan fingerprint density at radius 2 is 2.19 bits per heavy atom. The second-order valence-electron chi connectivity index (χ2n) is 3.34. The smallest absolute Gasteiger partial charge is 0.397 e. The molecule has 0 saturated heterocycles. The molecule has 0 saturated carbocycles. The Bertz CT molecular complexity index is 380. The molecule has 3 nitrogen and oxygen atoms in total. The van der Waals surface area contributed by atoms with E-state index in [4.69, 9.17) is 0 Å². The van der Waals surface area contributed by atoms with Gasteiger partial charge in [0.05, 0.1) is 0 Å². The Labute approximate surface area is 92.4 Å². The van der Waals surface area contributed by atoms with Crippen LogP contribution in [0.3, 0.4) is 0 Å². The SMILES string of the molecule is CCC(F)(F)Oc1cc(NC=O)ccc1C. The van der Waals surface area contributed by atoms with E-state index >= 15 is 0 Å². The van der Waals surface area contributed by atoms with Crippen molar-refractivity contribution in [3.05, 3.63) is 23.8 Å². The molecule has 0 atom stereocenters. The van der Waals surface area contributed by atoms with Crippen LogP contribution in [0.25, 0.3) is 0 Å². The van der Waals surface area contributed by atoms with Gasteiger partial charge in [-0.05, 0) is 18.6 Å². The molecule has 0 unspecified atom stereocenters. The van der Waals surface area contributed by atoms with Crippen LogP contribution in [0.2, 0.25) is 0 Å². The average Bonchev–Trinajstić information content (AvgIpc) is 2.23. The van der Waals surface area contributed by atoms with E-state index < -0.39 is 12.5 Å². The zero-order valence-corrected chi connectivity index (χ0v) is 9.09. The second-order valence-corrected chi connectivity index (χ2v) is 3.34. The van der Waals surface area contributed by atoms with Crippen molar-refractivity contribution in [1.82, 2.24) is 0 Å². The van der Waals surface area contributed by atoms with Crippen LogP contribution in [0, 0.1) is 6.92 Å². The Morgan fingerprint density at radius 3 is 2.75 bits per heavy atom. The third-order valence-electron chi connectivity index (χ3n) is 2.08. The molecule has 1 aromatic rings. The van der Waals surface area contributed by atoms with Crippen molar-refractivity contribution < 1.29 is 18.3 Å². The lowest BCUT2D eigenvalue weighted by Gasteiger charge is -2.18. The van der Waals surface area contributed by atoms with Gasteiger partial charge in [0.1, 0.15) is 5.75 Å². The maximum Gasteiger partial charge on any atom is 0.397 e. The first-order valence-electron chi connectivity index (χ1n) is 4.86. The first-order chi connectivity index (χ1) is 7.48. The van der Waals surface area contributed by atoms with Gasteiger partial charge in [0.15, 0.2) is 0 Å². The zero-order valence-electron chi connectivity index (χ0n) is 9.09. The van der Waals surface area contributed by atoms with Gasteiger partial charge >= 0.3 is 6.11 Å². The molecule has 0 aliphatic rings. The summed E-state index contributed by atoms with van der Waals surface area (Å²) >= 11 is 0. The molecular weight excluding hydrogens is 216 g/mol. The highest BCUT2D eigenvalue weighted by Gasteiger charge is 2.29. The first-order valence-corrected chi connectivity index (χ1v) is 4.86. The van der Waals surface area contributed by atoms with E-state index in [1.807, 2.05) is 0 Å². The number of nitrogens with one attached hydrogen (secondary N) is 1. The molecule has 5 heteroatoms. The maximum atomic E-state index is 13.0. The van der Waals surface area contributed by atoms with Crippen molar-refractivity contribution >= 4 is 12.1 Å². The standard InChI is InChI=1S/C11H13F2NO2/c1-3-11(12,13)16-10-6-9(14-7-15)5-4-8(10)2/h4-7H,3H2,1-2H3,(H,14,15). The predicted octanol–water partition coefficient (Wildman–Crippen LogP) is 2.94. The van der Waals surface area contributed by atoms with E-state index in [0.29, 0.717) is 17.7 Å². The third kappa shape index (κ3) is 3.18. The number of ether oxygens (including phenoxy) is 1. The number of hydrogen-bond acceptors (Lipinski definition) is 2. The lowest BCUT2D eigenvalue weighted by Crippen LogP contribution is -2.23. The summed E-state index contributed by atoms with van der Waals surface area (Å²) in [6.07, 6.45) is -3.12. The van der Waals surface area contributed by atoms with Crippen LogP contribution in [-0.4, -0.2) is 12.5 Å². The summed E-state index contributed by atoms with van der Waals surface area (Å²) in [5, 5.41) is 2.37. The topological polar surface area (TPSA) is 38.3 Å². The number of rotatable bonds is 5. The largest absolute Gasteiger partial charge is 0.432 e. The fourth-order valence-corrected chi connectivity index (χ4v) is 1.10. The van der Waals surface area contributed by atoms with Gasteiger partial charge in [0.2, 0.25) is 6.41 Å². The molecule has 1 aromatic carbocycles. The number of alkyl halides is 2. The maximum absolute atomic E-state index is 13.0. The number of hydrogen-bond donors (Lipinski definition) is 1. The molecule has 16 heavy (non-hydrogen) atoms. The van der Waals surface area contributed by atoms with Gasteiger partial charge in [-0.2, -0.15) is 8.78 Å². The van der Waals surface area contributed by atoms with Crippen LogP contribution in [0.5, 0.6) is 5.75 Å². The fourth-order valence-electron chi connectivity index (χ4n) is 1.10. The average molecular weight is 229 g/mol. The fraction of sp³-hybridized carbons (Fsp3) is 0.364. The number of amides is 1. The summed E-state index contributed by atoms with van der Waals surface area (Å²) in [6, 6.07) is 4.58. The van der Waals surface area contributed by atoms with E-state index in [9.17, 15) is 13.6 Å². The van der Waals surface area contributed by atoms with E-state index in [0.717, 1.165) is 0 Å². The Kier molecular flexibility index (Phi) is 3.82. The Morgan fingerprint density at radius 1 is 1.50 bits per heavy atom. The summed E-state index contributed by atoms with van der Waals surface area (Å²) < 4.78 is 30.6. The number of halogens is 2. The van der Waals surface area contributed by atoms with Gasteiger partial charge in [-0.25, -0.2) is 0 Å². The molecule has 1 N–H and O–H groups in total. The van der Waals surface area contributed by atoms with Gasteiger partial charge in [0.25, 0.3) is 0 Å². The highest BCUT2D eigenvalue weighted by Crippen LogP contribution is 2.29. The van der Waals surface area contributed by atoms with Crippen molar-refractivity contribution in [3.63, 3.8) is 0 Å². The molecule has 0 aliphatic heterocycles. The molecule has 0 heterocycles. The van der Waals surface area contributed by atoms with Crippen LogP contribution in [0.1, 0.15) is 18.9 Å². The Hall–Kier alpha value is -1.65. The number of aryl methyl sites for hydroxylation is 1. The van der Waals surface area contributed by atoms with Crippen LogP contribution in [0.15, 0.2) is 18.2 Å². The number of carbonyl (C=O) groups is 1.